The summed E-state index contributed by atoms with van der Waals surface area (Å²) in [5.74, 6) is 0. The zero-order valence-electron chi connectivity index (χ0n) is 12.4. The van der Waals surface area contributed by atoms with Crippen LogP contribution >= 0.6 is 0 Å². The standard InChI is InChI=1S/C3H8NO.4C2H5O.Ta/c1-3(5)4-2;4*1-2-3;/h3-4H,1-2H3;4*2H2,1H3;/q5*-1;+5. The largest absolute Gasteiger partial charge is 5.00 e. The van der Waals surface area contributed by atoms with Gasteiger partial charge in [-0.2, -0.15) is 0 Å². The van der Waals surface area contributed by atoms with E-state index in [0.717, 1.165) is 0 Å². The molecule has 0 saturated heterocycles. The molecule has 18 heavy (non-hydrogen) atoms. The minimum Gasteiger partial charge on any atom is -0.855 e. The second-order valence-electron chi connectivity index (χ2n) is 2.09. The van der Waals surface area contributed by atoms with Crippen LogP contribution in [-0.4, -0.2) is 39.7 Å². The van der Waals surface area contributed by atoms with Gasteiger partial charge in [0.1, 0.15) is 0 Å². The smallest absolute Gasteiger partial charge is 0.855 e. The normalized spacial score (nSPS) is 8.17. The molecule has 0 saturated carbocycles. The van der Waals surface area contributed by atoms with E-state index in [2.05, 4.69) is 5.32 Å². The number of hydrogen-bond donors (Lipinski definition) is 1. The summed E-state index contributed by atoms with van der Waals surface area (Å²) in [6.45, 7) is 7.83. The van der Waals surface area contributed by atoms with Gasteiger partial charge in [0, 0.05) is 0 Å². The predicted molar refractivity (Wildman–Crippen MR) is 60.7 cm³/mol. The second kappa shape index (κ2) is 65.9. The molecule has 0 radical (unpaired) electrons. The van der Waals surface area contributed by atoms with Crippen LogP contribution in [0.25, 0.3) is 0 Å². The van der Waals surface area contributed by atoms with Crippen LogP contribution in [0.4, 0.5) is 0 Å². The van der Waals surface area contributed by atoms with Gasteiger partial charge >= 0.3 is 22.4 Å². The van der Waals surface area contributed by atoms with Crippen molar-refractivity contribution >= 4 is 0 Å². The summed E-state index contributed by atoms with van der Waals surface area (Å²) >= 11 is 0. The van der Waals surface area contributed by atoms with Crippen LogP contribution in [0.15, 0.2) is 0 Å². The maximum atomic E-state index is 9.78. The third kappa shape index (κ3) is 634. The molecule has 0 bridgehead atoms. The molecule has 0 aromatic heterocycles. The molecule has 0 spiro atoms. The first-order chi connectivity index (χ1) is 7.93. The Labute approximate surface area is 128 Å². The predicted octanol–water partition coefficient (Wildman–Crippen LogP) is -3.62. The van der Waals surface area contributed by atoms with Crippen molar-refractivity contribution in [1.82, 2.24) is 5.32 Å². The van der Waals surface area contributed by atoms with Crippen molar-refractivity contribution in [2.75, 3.05) is 33.5 Å². The molecule has 1 unspecified atom stereocenters. The van der Waals surface area contributed by atoms with E-state index in [1.165, 1.54) is 0 Å². The van der Waals surface area contributed by atoms with Gasteiger partial charge in [0.15, 0.2) is 0 Å². The summed E-state index contributed by atoms with van der Waals surface area (Å²) in [4.78, 5) is 0. The van der Waals surface area contributed by atoms with E-state index < -0.39 is 6.23 Å². The SMILES string of the molecule is CC[O-].CC[O-].CC[O-].CC[O-].CNC(C)[O-].[Ta+5]. The van der Waals surface area contributed by atoms with Crippen LogP contribution in [-0.2, 0) is 22.4 Å². The molecule has 0 aliphatic rings. The van der Waals surface area contributed by atoms with E-state index in [1.807, 2.05) is 0 Å². The van der Waals surface area contributed by atoms with Crippen LogP contribution in [0.1, 0.15) is 34.6 Å². The van der Waals surface area contributed by atoms with Crippen molar-refractivity contribution < 1.29 is 47.9 Å². The first-order valence-corrected chi connectivity index (χ1v) is 5.58. The molecule has 0 aliphatic carbocycles. The van der Waals surface area contributed by atoms with Crippen LogP contribution in [0.2, 0.25) is 0 Å². The van der Waals surface area contributed by atoms with Gasteiger partial charge < -0.3 is 30.8 Å². The van der Waals surface area contributed by atoms with Crippen LogP contribution in [0, 0.1) is 0 Å². The van der Waals surface area contributed by atoms with Crippen molar-refractivity contribution in [3.63, 3.8) is 0 Å². The third-order valence-electron chi connectivity index (χ3n) is 0.407. The maximum Gasteiger partial charge on any atom is 5.00 e. The Bertz CT molecular complexity index is 63.4. The molecule has 6 nitrogen and oxygen atoms in total. The van der Waals surface area contributed by atoms with Crippen molar-refractivity contribution in [3.05, 3.63) is 0 Å². The van der Waals surface area contributed by atoms with E-state index in [0.29, 0.717) is 0 Å². The third-order valence-corrected chi connectivity index (χ3v) is 0.407. The van der Waals surface area contributed by atoms with Crippen LogP contribution in [0.3, 0.4) is 0 Å². The van der Waals surface area contributed by atoms with Crippen LogP contribution in [0.5, 0.6) is 0 Å². The summed E-state index contributed by atoms with van der Waals surface area (Å²) in [7, 11) is 1.64. The zero-order valence-corrected chi connectivity index (χ0v) is 15.6. The molecular weight excluding hydrogens is 407 g/mol. The van der Waals surface area contributed by atoms with Gasteiger partial charge in [-0.25, -0.2) is 0 Å². The first kappa shape index (κ1) is 36.3. The Hall–Kier alpha value is 0.500. The molecule has 0 fully saturated rings. The van der Waals surface area contributed by atoms with E-state index >= 15 is 0 Å². The van der Waals surface area contributed by atoms with Gasteiger partial charge in [-0.15, -0.1) is 26.4 Å². The van der Waals surface area contributed by atoms with Gasteiger partial charge in [-0.05, 0) is 7.05 Å². The minimum absolute atomic E-state index is 0. The molecular formula is C11H28NO5Ta. The monoisotopic (exact) mass is 435 g/mol. The molecule has 0 aliphatic heterocycles. The number of hydrogen-bond acceptors (Lipinski definition) is 6. The Balaban J connectivity index is -0.0000000252. The summed E-state index contributed by atoms with van der Waals surface area (Å²) in [5, 5.41) is 48.0. The molecule has 0 amide bonds. The summed E-state index contributed by atoms with van der Waals surface area (Å²) in [6.07, 6.45) is -0.616. The van der Waals surface area contributed by atoms with Crippen molar-refractivity contribution in [1.29, 1.82) is 0 Å². The van der Waals surface area contributed by atoms with E-state index in [9.17, 15) is 5.11 Å². The van der Waals surface area contributed by atoms with Crippen molar-refractivity contribution in [3.8, 4) is 0 Å². The molecule has 1 atom stereocenters. The topological polar surface area (TPSA) is 127 Å². The minimum atomic E-state index is -0.616. The van der Waals surface area contributed by atoms with Gasteiger partial charge in [-0.3, -0.25) is 0 Å². The molecule has 0 rings (SSSR count). The molecule has 1 N–H and O–H groups in total. The fourth-order valence-corrected chi connectivity index (χ4v) is 0. The van der Waals surface area contributed by atoms with E-state index in [1.54, 1.807) is 41.7 Å². The van der Waals surface area contributed by atoms with Gasteiger partial charge in [-0.1, -0.05) is 40.8 Å². The summed E-state index contributed by atoms with van der Waals surface area (Å²) in [6, 6.07) is 0. The molecule has 7 heteroatoms. The average Bonchev–Trinajstić information content (AvgIpc) is 2.22. The maximum absolute atomic E-state index is 9.78. The Morgan fingerprint density at radius 1 is 0.778 bits per heavy atom. The Kier molecular flexibility index (Phi) is 133. The second-order valence-corrected chi connectivity index (χ2v) is 2.09. The summed E-state index contributed by atoms with van der Waals surface area (Å²) < 4.78 is 0. The van der Waals surface area contributed by atoms with Crippen LogP contribution < -0.4 is 30.8 Å². The van der Waals surface area contributed by atoms with E-state index in [4.69, 9.17) is 20.4 Å². The fraction of sp³-hybridized carbons (Fsp3) is 1.00. The van der Waals surface area contributed by atoms with Crippen molar-refractivity contribution in [2.24, 2.45) is 0 Å². The summed E-state index contributed by atoms with van der Waals surface area (Å²) in [5.41, 5.74) is 0. The zero-order chi connectivity index (χ0) is 15.1. The molecule has 112 valence electrons. The molecule has 0 aromatic rings. The van der Waals surface area contributed by atoms with Crippen molar-refractivity contribution in [2.45, 2.75) is 40.8 Å². The molecule has 0 heterocycles. The first-order valence-electron chi connectivity index (χ1n) is 5.58. The molecule has 0 aromatic carbocycles. The number of rotatable bonds is 1. The van der Waals surface area contributed by atoms with E-state index in [-0.39, 0.29) is 48.8 Å². The number of nitrogens with one attached hydrogen (secondary N) is 1. The van der Waals surface area contributed by atoms with Gasteiger partial charge in [0.25, 0.3) is 0 Å². The van der Waals surface area contributed by atoms with Gasteiger partial charge in [0.05, 0.1) is 0 Å². The quantitative estimate of drug-likeness (QED) is 0.424. The van der Waals surface area contributed by atoms with Gasteiger partial charge in [0.2, 0.25) is 0 Å². The Morgan fingerprint density at radius 3 is 0.833 bits per heavy atom. The fourth-order valence-electron chi connectivity index (χ4n) is 0. The average molecular weight is 435 g/mol. The Morgan fingerprint density at radius 2 is 0.833 bits per heavy atom.